The van der Waals surface area contributed by atoms with Crippen molar-refractivity contribution in [2.45, 2.75) is 146 Å². The summed E-state index contributed by atoms with van der Waals surface area (Å²) in [5.74, 6) is 1.95. The van der Waals surface area contributed by atoms with Gasteiger partial charge in [0.25, 0.3) is 22.2 Å². The molecule has 34 heteroatoms. The van der Waals surface area contributed by atoms with Crippen molar-refractivity contribution in [1.29, 1.82) is 0 Å². The van der Waals surface area contributed by atoms with Crippen LogP contribution >= 0.6 is 92.8 Å². The van der Waals surface area contributed by atoms with E-state index in [0.717, 1.165) is 106 Å². The van der Waals surface area contributed by atoms with Crippen LogP contribution in [0, 0.1) is 21.7 Å². The molecule has 682 valence electrons. The van der Waals surface area contributed by atoms with E-state index < -0.39 is 11.2 Å². The Morgan fingerprint density at radius 1 is 0.388 bits per heavy atom. The molecule has 0 unspecified atom stereocenters. The Labute approximate surface area is 789 Å². The van der Waals surface area contributed by atoms with Crippen LogP contribution in [-0.4, -0.2) is 137 Å². The molecule has 4 aliphatic rings. The van der Waals surface area contributed by atoms with E-state index in [1.165, 1.54) is 39.4 Å². The lowest BCUT2D eigenvalue weighted by atomic mass is 9.78. The summed E-state index contributed by atoms with van der Waals surface area (Å²) in [6.07, 6.45) is 12.6. The first-order valence-corrected chi connectivity index (χ1v) is 46.8. The van der Waals surface area contributed by atoms with Crippen molar-refractivity contribution in [2.24, 2.45) is 55.6 Å². The van der Waals surface area contributed by atoms with Crippen LogP contribution in [0.25, 0.3) is 89.2 Å². The van der Waals surface area contributed by atoms with E-state index in [2.05, 4.69) is 104 Å². The van der Waals surface area contributed by atoms with Gasteiger partial charge in [-0.25, -0.2) is 14.2 Å². The van der Waals surface area contributed by atoms with Gasteiger partial charge >= 0.3 is 5.69 Å². The standard InChI is InChI=1S/C27H29Cl2N5O.C20H23Cl2N5O.C19H22Cl2N6O.C19H14Cl2N4O2.C8H17N.C2H6/c1-4-27(2)13-15-33(16-14-27)26-30-24-21(25(35)32(26)3)23(19-11-8-12-20(28)22(19)29)31-34(24)17-18-9-6-5-7-10-18;1-4-20(2)8-10-27(11-9-20)19-23-17-14(18(28)26(19)3)16(24-25-17)12-6-5-7-13(21)15(12)22;1-19(10-22)6-8-27(9-7-19)18-23-16-13(17(28)26(18)2)15(24-25-16)11-4-3-5-12(20)14(11)21;1-24-18(26)14-16(12-8-5-9-13(20)15(12)21)23-25(17(14)22-19(24)27)10-11-6-3-2-4-7-11;1-3-8(2)4-6-9-7-5-8;1-2/h5-12H,4,13-17H2,1-3H3;5-7H,4,8-11H2,1-3H3,(H,24,25);3-5H,6-10,22H2,1-2H3,(H,24,25);2-9H,10H2,1H3,(H,22,27);9H,3-7H2,1-2H3;1-2H3. The van der Waals surface area contributed by atoms with Gasteiger partial charge in [-0.3, -0.25) is 52.6 Å². The number of anilines is 3. The molecule has 14 aromatic rings. The van der Waals surface area contributed by atoms with Gasteiger partial charge in [-0.2, -0.15) is 35.3 Å². The van der Waals surface area contributed by atoms with Crippen LogP contribution in [0.1, 0.15) is 144 Å². The number of hydrogen-bond acceptors (Lipinski definition) is 17. The van der Waals surface area contributed by atoms with E-state index in [-0.39, 0.29) is 27.5 Å². The molecule has 6 N–H and O–H groups in total. The molecular formula is C95H111Cl8N21O5. The van der Waals surface area contributed by atoms with Gasteiger partial charge < -0.3 is 25.8 Å². The first-order valence-electron chi connectivity index (χ1n) is 43.8. The van der Waals surface area contributed by atoms with Crippen molar-refractivity contribution in [1.82, 2.24) is 83.5 Å². The zero-order valence-corrected chi connectivity index (χ0v) is 81.1. The quantitative estimate of drug-likeness (QED) is 0.0637. The predicted octanol–water partition coefficient (Wildman–Crippen LogP) is 20.3. The summed E-state index contributed by atoms with van der Waals surface area (Å²) >= 11 is 50.3. The number of halogens is 8. The Kier molecular flexibility index (Phi) is 31.0. The molecule has 0 atom stereocenters. The molecule has 12 heterocycles. The molecule has 4 saturated heterocycles. The minimum Gasteiger partial charge on any atom is -0.342 e. The number of rotatable bonds is 15. The second-order valence-electron chi connectivity index (χ2n) is 34.7. The average Bonchev–Trinajstić information content (AvgIpc) is 1.47. The van der Waals surface area contributed by atoms with Crippen molar-refractivity contribution in [3.8, 4) is 45.0 Å². The summed E-state index contributed by atoms with van der Waals surface area (Å²) in [6.45, 7) is 29.2. The van der Waals surface area contributed by atoms with Gasteiger partial charge in [-0.1, -0.05) is 284 Å². The highest BCUT2D eigenvalue weighted by Gasteiger charge is 2.36. The second-order valence-corrected chi connectivity index (χ2v) is 37.9. The number of piperidine rings is 4. The Hall–Kier alpha value is -9.84. The molecule has 0 radical (unpaired) electrons. The van der Waals surface area contributed by atoms with Gasteiger partial charge in [0, 0.05) is 89.7 Å². The fourth-order valence-electron chi connectivity index (χ4n) is 16.7. The minimum absolute atomic E-state index is 0.140. The van der Waals surface area contributed by atoms with E-state index in [0.29, 0.717) is 178 Å². The summed E-state index contributed by atoms with van der Waals surface area (Å²) in [7, 11) is 6.69. The highest BCUT2D eigenvalue weighted by Crippen LogP contribution is 2.43. The maximum absolute atomic E-state index is 13.8. The number of nitrogens with one attached hydrogen (secondary N) is 4. The number of nitrogens with two attached hydrogens (primary N) is 1. The largest absolute Gasteiger partial charge is 0.342 e. The van der Waals surface area contributed by atoms with Crippen molar-refractivity contribution in [3.05, 3.63) is 237 Å². The molecule has 8 aromatic heterocycles. The Balaban J connectivity index is 0.000000142. The number of fused-ring (bicyclic) bond motifs is 4. The Morgan fingerprint density at radius 3 is 1.11 bits per heavy atom. The third-order valence-electron chi connectivity index (χ3n) is 26.3. The predicted molar refractivity (Wildman–Crippen MR) is 530 cm³/mol. The van der Waals surface area contributed by atoms with Crippen molar-refractivity contribution in [3.63, 3.8) is 0 Å². The zero-order chi connectivity index (χ0) is 92.7. The third-order valence-corrected chi connectivity index (χ3v) is 29.6. The van der Waals surface area contributed by atoms with E-state index in [1.54, 1.807) is 94.1 Å². The molecule has 18 rings (SSSR count). The topological polar surface area (TPSA) is 300 Å². The molecule has 0 bridgehead atoms. The van der Waals surface area contributed by atoms with Crippen LogP contribution in [0.5, 0.6) is 0 Å². The first-order chi connectivity index (χ1) is 61.7. The molecule has 0 amide bonds. The molecule has 4 fully saturated rings. The maximum atomic E-state index is 13.8. The van der Waals surface area contributed by atoms with Gasteiger partial charge in [0.2, 0.25) is 17.8 Å². The van der Waals surface area contributed by atoms with Crippen molar-refractivity contribution in [2.75, 3.05) is 73.6 Å². The fourth-order valence-corrected chi connectivity index (χ4v) is 18.2. The average molecular weight is 1910 g/mol. The van der Waals surface area contributed by atoms with Crippen molar-refractivity contribution < 1.29 is 0 Å². The number of nitrogens with zero attached hydrogens (tertiary/aromatic N) is 16. The summed E-state index contributed by atoms with van der Waals surface area (Å²) in [5.41, 5.74) is 14.1. The van der Waals surface area contributed by atoms with Gasteiger partial charge in [-0.15, -0.1) is 0 Å². The summed E-state index contributed by atoms with van der Waals surface area (Å²) in [6, 6.07) is 40.8. The number of H-pyrrole nitrogens is 3. The second kappa shape index (κ2) is 41.3. The van der Waals surface area contributed by atoms with Crippen molar-refractivity contribution >= 4 is 155 Å². The molecule has 4 aliphatic heterocycles. The van der Waals surface area contributed by atoms with Crippen LogP contribution < -0.4 is 53.7 Å². The van der Waals surface area contributed by atoms with Gasteiger partial charge in [-0.05, 0) is 128 Å². The molecule has 0 spiro atoms. The molecule has 26 nitrogen and oxygen atoms in total. The highest BCUT2D eigenvalue weighted by atomic mass is 35.5. The smallest absolute Gasteiger partial charge is 0.329 e. The maximum Gasteiger partial charge on any atom is 0.329 e. The lowest BCUT2D eigenvalue weighted by molar-refractivity contribution is 0.221. The molecular weight excluding hydrogens is 1800 g/mol. The normalized spacial score (nSPS) is 15.7. The third kappa shape index (κ3) is 20.6. The molecule has 6 aromatic carbocycles. The van der Waals surface area contributed by atoms with Crippen LogP contribution in [0.2, 0.25) is 40.2 Å². The number of aromatic nitrogens is 16. The fraction of sp³-hybridized carbons (Fsp3) is 0.411. The first kappa shape index (κ1) is 96.7. The van der Waals surface area contributed by atoms with Gasteiger partial charge in [0.1, 0.15) is 38.6 Å². The summed E-state index contributed by atoms with van der Waals surface area (Å²) < 4.78 is 9.24. The Bertz CT molecular complexity index is 6510. The summed E-state index contributed by atoms with van der Waals surface area (Å²) in [4.78, 5) is 88.8. The van der Waals surface area contributed by atoms with E-state index >= 15 is 0 Å². The lowest BCUT2D eigenvalue weighted by Gasteiger charge is -2.39. The SMILES string of the molecule is CC.CCC1(C)CCN(c2nc3c(c(-c4cccc(Cl)c4Cl)nn3Cc3ccccc3)c(=O)n2C)CC1.CCC1(C)CCN(c2nc3n[nH]c(-c4cccc(Cl)c4Cl)c3c(=O)n2C)CC1.CCC1(C)CCNCC1.Cn1c(=O)[nH]c2c(c(-c3cccc(Cl)c3Cl)nn2Cc2ccccc2)c1=O.Cn1c(N2CCC(C)(CN)CC2)nc2n[nH]c(-c3cccc(Cl)c3Cl)c2c1=O. The molecule has 0 aliphatic carbocycles. The highest BCUT2D eigenvalue weighted by molar-refractivity contribution is 6.45. The summed E-state index contributed by atoms with van der Waals surface area (Å²) in [5, 5.41) is 31.9. The molecule has 0 saturated carbocycles. The molecule has 129 heavy (non-hydrogen) atoms. The van der Waals surface area contributed by atoms with E-state index in [1.807, 2.05) is 97.4 Å². The Morgan fingerprint density at radius 2 is 0.721 bits per heavy atom. The van der Waals surface area contributed by atoms with E-state index in [4.69, 9.17) is 114 Å². The van der Waals surface area contributed by atoms with E-state index in [9.17, 15) is 24.0 Å². The monoisotopic (exact) mass is 1910 g/mol. The van der Waals surface area contributed by atoms with Crippen LogP contribution in [0.4, 0.5) is 17.8 Å². The van der Waals surface area contributed by atoms with Gasteiger partial charge in [0.05, 0.1) is 64.7 Å². The number of aromatic amines is 3. The zero-order valence-electron chi connectivity index (χ0n) is 75.1. The van der Waals surface area contributed by atoms with Crippen LogP contribution in [0.15, 0.2) is 157 Å². The lowest BCUT2D eigenvalue weighted by Crippen LogP contribution is -2.44. The number of hydrogen-bond donors (Lipinski definition) is 5. The van der Waals surface area contributed by atoms with Crippen LogP contribution in [0.3, 0.4) is 0 Å². The number of benzene rings is 6. The minimum atomic E-state index is -0.509. The van der Waals surface area contributed by atoms with Gasteiger partial charge in [0.15, 0.2) is 16.9 Å². The van der Waals surface area contributed by atoms with Crippen LogP contribution in [-0.2, 0) is 41.3 Å².